The summed E-state index contributed by atoms with van der Waals surface area (Å²) >= 11 is 0. The van der Waals surface area contributed by atoms with Crippen LogP contribution in [0.5, 0.6) is 0 Å². The van der Waals surface area contributed by atoms with E-state index >= 15 is 0 Å². The fourth-order valence-electron chi connectivity index (χ4n) is 4.30. The first-order valence-corrected chi connectivity index (χ1v) is 14.9. The Kier molecular flexibility index (Phi) is 25.7. The Balaban J connectivity index is 3.26. The molecule has 0 amide bonds. The average Bonchev–Trinajstić information content (AvgIpc) is 2.82. The zero-order valence-corrected chi connectivity index (χ0v) is 23.2. The highest BCUT2D eigenvalue weighted by molar-refractivity contribution is 5.69. The molecule has 0 aromatic rings. The van der Waals surface area contributed by atoms with Gasteiger partial charge in [-0.15, -0.1) is 0 Å². The van der Waals surface area contributed by atoms with Crippen LogP contribution in [0, 0.1) is 5.92 Å². The van der Waals surface area contributed by atoms with E-state index in [-0.39, 0.29) is 11.9 Å². The molecule has 1 atom stereocenters. The number of unbranched alkanes of at least 4 members (excludes halogenated alkanes) is 16. The van der Waals surface area contributed by atoms with Gasteiger partial charge in [-0.3, -0.25) is 9.59 Å². The van der Waals surface area contributed by atoms with Gasteiger partial charge in [-0.25, -0.2) is 0 Å². The van der Waals surface area contributed by atoms with Crippen molar-refractivity contribution in [1.29, 1.82) is 0 Å². The number of hydrogen-bond donors (Lipinski definition) is 0. The monoisotopic (exact) mass is 482 g/mol. The summed E-state index contributed by atoms with van der Waals surface area (Å²) < 4.78 is 10.6. The molecule has 1 unspecified atom stereocenters. The molecule has 0 bridgehead atoms. The van der Waals surface area contributed by atoms with Crippen LogP contribution < -0.4 is 0 Å². The zero-order chi connectivity index (χ0) is 25.1. The highest BCUT2D eigenvalue weighted by Crippen LogP contribution is 2.17. The number of esters is 2. The molecule has 4 heteroatoms. The Hall–Kier alpha value is -1.06. The summed E-state index contributed by atoms with van der Waals surface area (Å²) in [5, 5.41) is 0. The standard InChI is InChI=1S/C30H58O4/c1-4-6-21-25-33-29(31)24-20-18-16-14-12-10-8-9-11-13-15-17-19-23-28(3)27-30(32)34-26-22-7-5-2/h28H,4-27H2,1-3H3. The lowest BCUT2D eigenvalue weighted by Crippen LogP contribution is -2.10. The smallest absolute Gasteiger partial charge is 0.306 e. The molecule has 0 rings (SSSR count). The maximum atomic E-state index is 11.8. The molecule has 0 N–H and O–H groups in total. The molecule has 0 heterocycles. The van der Waals surface area contributed by atoms with Gasteiger partial charge in [0.05, 0.1) is 13.2 Å². The number of rotatable bonds is 26. The fourth-order valence-corrected chi connectivity index (χ4v) is 4.30. The van der Waals surface area contributed by atoms with Gasteiger partial charge in [-0.1, -0.05) is 130 Å². The lowest BCUT2D eigenvalue weighted by molar-refractivity contribution is -0.145. The van der Waals surface area contributed by atoms with Crippen molar-refractivity contribution in [2.24, 2.45) is 5.92 Å². The molecule has 0 aliphatic heterocycles. The lowest BCUT2D eigenvalue weighted by Gasteiger charge is -2.11. The number of hydrogen-bond acceptors (Lipinski definition) is 4. The summed E-state index contributed by atoms with van der Waals surface area (Å²) in [7, 11) is 0. The SMILES string of the molecule is CCCCCOC(=O)CCCCCCCCCCCCCCCC(C)CC(=O)OCCCCC. The molecule has 0 spiro atoms. The molecule has 0 aromatic heterocycles. The van der Waals surface area contributed by atoms with E-state index < -0.39 is 0 Å². The largest absolute Gasteiger partial charge is 0.466 e. The van der Waals surface area contributed by atoms with E-state index in [2.05, 4.69) is 20.8 Å². The van der Waals surface area contributed by atoms with Gasteiger partial charge in [0.1, 0.15) is 0 Å². The van der Waals surface area contributed by atoms with Crippen molar-refractivity contribution in [1.82, 2.24) is 0 Å². The zero-order valence-electron chi connectivity index (χ0n) is 23.2. The molecule has 0 aliphatic carbocycles. The number of carbonyl (C=O) groups excluding carboxylic acids is 2. The van der Waals surface area contributed by atoms with Crippen LogP contribution in [-0.4, -0.2) is 25.2 Å². The van der Waals surface area contributed by atoms with Crippen molar-refractivity contribution in [3.8, 4) is 0 Å². The van der Waals surface area contributed by atoms with Gasteiger partial charge in [-0.05, 0) is 25.2 Å². The number of ether oxygens (including phenoxy) is 2. The van der Waals surface area contributed by atoms with Crippen LogP contribution in [0.3, 0.4) is 0 Å². The second-order valence-corrected chi connectivity index (χ2v) is 10.3. The summed E-state index contributed by atoms with van der Waals surface area (Å²) in [5.41, 5.74) is 0. The summed E-state index contributed by atoms with van der Waals surface area (Å²) in [5.74, 6) is 0.424. The predicted octanol–water partition coefficient (Wildman–Crippen LogP) is 9.33. The van der Waals surface area contributed by atoms with Crippen molar-refractivity contribution in [3.63, 3.8) is 0 Å². The molecule has 0 aliphatic rings. The maximum Gasteiger partial charge on any atom is 0.306 e. The van der Waals surface area contributed by atoms with Crippen LogP contribution in [0.1, 0.15) is 162 Å². The normalized spacial score (nSPS) is 12.0. The van der Waals surface area contributed by atoms with Crippen LogP contribution in [0.2, 0.25) is 0 Å². The highest BCUT2D eigenvalue weighted by atomic mass is 16.5. The highest BCUT2D eigenvalue weighted by Gasteiger charge is 2.10. The van der Waals surface area contributed by atoms with Crippen molar-refractivity contribution < 1.29 is 19.1 Å². The molecule has 202 valence electrons. The third kappa shape index (κ3) is 25.6. The lowest BCUT2D eigenvalue weighted by atomic mass is 9.98. The van der Waals surface area contributed by atoms with Crippen LogP contribution in [0.25, 0.3) is 0 Å². The molecular weight excluding hydrogens is 424 g/mol. The average molecular weight is 483 g/mol. The van der Waals surface area contributed by atoms with E-state index in [1.165, 1.54) is 70.6 Å². The van der Waals surface area contributed by atoms with Crippen LogP contribution >= 0.6 is 0 Å². The van der Waals surface area contributed by atoms with Gasteiger partial charge in [0.15, 0.2) is 0 Å². The molecule has 0 aromatic carbocycles. The minimum absolute atomic E-state index is 0.0107. The third-order valence-electron chi connectivity index (χ3n) is 6.61. The second kappa shape index (κ2) is 26.5. The molecule has 0 saturated heterocycles. The first kappa shape index (κ1) is 32.9. The second-order valence-electron chi connectivity index (χ2n) is 10.3. The summed E-state index contributed by atoms with van der Waals surface area (Å²) in [6, 6.07) is 0. The molecule has 0 saturated carbocycles. The Bertz CT molecular complexity index is 449. The predicted molar refractivity (Wildman–Crippen MR) is 144 cm³/mol. The maximum absolute atomic E-state index is 11.8. The number of carbonyl (C=O) groups is 2. The van der Waals surface area contributed by atoms with Crippen LogP contribution in [0.4, 0.5) is 0 Å². The first-order valence-electron chi connectivity index (χ1n) is 14.9. The van der Waals surface area contributed by atoms with Gasteiger partial charge < -0.3 is 9.47 Å². The molecular formula is C30H58O4. The Morgan fingerprint density at radius 3 is 1.41 bits per heavy atom. The van der Waals surface area contributed by atoms with Gasteiger partial charge in [0.2, 0.25) is 0 Å². The molecule has 4 nitrogen and oxygen atoms in total. The summed E-state index contributed by atoms with van der Waals surface area (Å²) in [4.78, 5) is 23.4. The van der Waals surface area contributed by atoms with E-state index in [1.807, 2.05) is 0 Å². The Labute approximate surface area is 212 Å². The van der Waals surface area contributed by atoms with E-state index in [1.54, 1.807) is 0 Å². The van der Waals surface area contributed by atoms with Gasteiger partial charge in [-0.2, -0.15) is 0 Å². The third-order valence-corrected chi connectivity index (χ3v) is 6.61. The topological polar surface area (TPSA) is 52.6 Å². The summed E-state index contributed by atoms with van der Waals surface area (Å²) in [6.45, 7) is 7.69. The summed E-state index contributed by atoms with van der Waals surface area (Å²) in [6.07, 6.45) is 25.6. The molecule has 34 heavy (non-hydrogen) atoms. The first-order chi connectivity index (χ1) is 16.6. The molecule has 0 radical (unpaired) electrons. The fraction of sp³-hybridized carbons (Fsp3) is 0.933. The van der Waals surface area contributed by atoms with Gasteiger partial charge >= 0.3 is 11.9 Å². The van der Waals surface area contributed by atoms with E-state index in [0.717, 1.165) is 57.8 Å². The Morgan fingerprint density at radius 1 is 0.529 bits per heavy atom. The Morgan fingerprint density at radius 2 is 0.941 bits per heavy atom. The van der Waals surface area contributed by atoms with Crippen molar-refractivity contribution in [2.75, 3.05) is 13.2 Å². The van der Waals surface area contributed by atoms with Gasteiger partial charge in [0.25, 0.3) is 0 Å². The molecule has 0 fully saturated rings. The van der Waals surface area contributed by atoms with E-state index in [0.29, 0.717) is 32.0 Å². The van der Waals surface area contributed by atoms with Crippen molar-refractivity contribution in [3.05, 3.63) is 0 Å². The van der Waals surface area contributed by atoms with Crippen LogP contribution in [0.15, 0.2) is 0 Å². The minimum atomic E-state index is -0.0125. The van der Waals surface area contributed by atoms with Gasteiger partial charge in [0, 0.05) is 12.8 Å². The van der Waals surface area contributed by atoms with Crippen molar-refractivity contribution >= 4 is 11.9 Å². The van der Waals surface area contributed by atoms with E-state index in [9.17, 15) is 9.59 Å². The quantitative estimate of drug-likeness (QED) is 0.0910. The van der Waals surface area contributed by atoms with Crippen molar-refractivity contribution in [2.45, 2.75) is 162 Å². The minimum Gasteiger partial charge on any atom is -0.466 e. The van der Waals surface area contributed by atoms with Crippen LogP contribution in [-0.2, 0) is 19.1 Å². The van der Waals surface area contributed by atoms with E-state index in [4.69, 9.17) is 9.47 Å².